The third-order valence-electron chi connectivity index (χ3n) is 4.20. The van der Waals surface area contributed by atoms with E-state index in [4.69, 9.17) is 9.47 Å². The van der Waals surface area contributed by atoms with Crippen LogP contribution in [-0.2, 0) is 16.0 Å². The minimum absolute atomic E-state index is 0.0994. The van der Waals surface area contributed by atoms with Crippen LogP contribution < -0.4 is 10.1 Å². The zero-order valence-corrected chi connectivity index (χ0v) is 16.2. The van der Waals surface area contributed by atoms with E-state index in [1.54, 1.807) is 24.3 Å². The van der Waals surface area contributed by atoms with Crippen molar-refractivity contribution in [1.82, 2.24) is 0 Å². The molecule has 0 aromatic heterocycles. The Balaban J connectivity index is 1.88. The van der Waals surface area contributed by atoms with E-state index in [-0.39, 0.29) is 18.5 Å². The number of aryl methyl sites for hydroxylation is 2. The molecule has 0 bridgehead atoms. The van der Waals surface area contributed by atoms with Gasteiger partial charge in [-0.2, -0.15) is 0 Å². The van der Waals surface area contributed by atoms with Gasteiger partial charge in [0.05, 0.1) is 12.2 Å². The number of unbranched alkanes of at least 4 members (excludes halogenated alkanes) is 1. The van der Waals surface area contributed by atoms with Crippen LogP contribution in [0.5, 0.6) is 5.75 Å². The van der Waals surface area contributed by atoms with Gasteiger partial charge in [0.2, 0.25) is 0 Å². The van der Waals surface area contributed by atoms with Crippen LogP contribution in [0.15, 0.2) is 42.5 Å². The molecule has 2 aromatic rings. The zero-order chi connectivity index (χ0) is 19.6. The highest BCUT2D eigenvalue weighted by atomic mass is 16.5. The summed E-state index contributed by atoms with van der Waals surface area (Å²) < 4.78 is 10.7. The minimum Gasteiger partial charge on any atom is -0.484 e. The number of hydrogen-bond donors (Lipinski definition) is 1. The number of carbonyl (C=O) groups is 2. The van der Waals surface area contributed by atoms with Gasteiger partial charge in [0.15, 0.2) is 6.61 Å². The SMILES string of the molecule is CCCCOC(=O)c1ccc(OCC(=O)Nc2c(C)cccc2CC)cc1. The number of benzene rings is 2. The predicted octanol–water partition coefficient (Wildman–Crippen LogP) is 4.53. The molecule has 144 valence electrons. The van der Waals surface area contributed by atoms with E-state index in [2.05, 4.69) is 12.2 Å². The first kappa shape index (κ1) is 20.5. The van der Waals surface area contributed by atoms with E-state index in [1.165, 1.54) is 0 Å². The zero-order valence-electron chi connectivity index (χ0n) is 16.2. The quantitative estimate of drug-likeness (QED) is 0.521. The van der Waals surface area contributed by atoms with Crippen LogP contribution in [0, 0.1) is 6.92 Å². The van der Waals surface area contributed by atoms with Crippen molar-refractivity contribution in [3.05, 3.63) is 59.2 Å². The fraction of sp³-hybridized carbons (Fsp3) is 0.364. The van der Waals surface area contributed by atoms with Gasteiger partial charge in [0.1, 0.15) is 5.75 Å². The molecule has 5 heteroatoms. The highest BCUT2D eigenvalue weighted by molar-refractivity contribution is 5.93. The largest absolute Gasteiger partial charge is 0.484 e. The first-order valence-electron chi connectivity index (χ1n) is 9.33. The summed E-state index contributed by atoms with van der Waals surface area (Å²) in [5.74, 6) is -0.0443. The second-order valence-corrected chi connectivity index (χ2v) is 6.31. The number of amides is 1. The molecule has 0 aliphatic rings. The first-order chi connectivity index (χ1) is 13.0. The smallest absolute Gasteiger partial charge is 0.338 e. The second-order valence-electron chi connectivity index (χ2n) is 6.31. The Morgan fingerprint density at radius 1 is 1.04 bits per heavy atom. The van der Waals surface area contributed by atoms with Crippen molar-refractivity contribution in [2.45, 2.75) is 40.0 Å². The number of nitrogens with one attached hydrogen (secondary N) is 1. The van der Waals surface area contributed by atoms with Crippen molar-refractivity contribution in [3.63, 3.8) is 0 Å². The molecule has 2 rings (SSSR count). The van der Waals surface area contributed by atoms with Gasteiger partial charge >= 0.3 is 5.97 Å². The molecule has 1 amide bonds. The monoisotopic (exact) mass is 369 g/mol. The molecular weight excluding hydrogens is 342 g/mol. The molecule has 0 fully saturated rings. The molecule has 1 N–H and O–H groups in total. The summed E-state index contributed by atoms with van der Waals surface area (Å²) in [4.78, 5) is 24.1. The number of para-hydroxylation sites is 1. The van der Waals surface area contributed by atoms with Gasteiger partial charge in [-0.3, -0.25) is 4.79 Å². The summed E-state index contributed by atoms with van der Waals surface area (Å²) in [6.45, 7) is 6.38. The second kappa shape index (κ2) is 10.4. The molecule has 0 aliphatic carbocycles. The molecule has 0 unspecified atom stereocenters. The predicted molar refractivity (Wildman–Crippen MR) is 106 cm³/mol. The molecule has 5 nitrogen and oxygen atoms in total. The average Bonchev–Trinajstić information content (AvgIpc) is 2.68. The van der Waals surface area contributed by atoms with Gasteiger partial charge in [0.25, 0.3) is 5.91 Å². The Morgan fingerprint density at radius 3 is 2.44 bits per heavy atom. The van der Waals surface area contributed by atoms with Gasteiger partial charge in [-0.15, -0.1) is 0 Å². The molecule has 0 saturated carbocycles. The summed E-state index contributed by atoms with van der Waals surface area (Å²) in [5.41, 5.74) is 3.43. The van der Waals surface area contributed by atoms with E-state index >= 15 is 0 Å². The van der Waals surface area contributed by atoms with Crippen molar-refractivity contribution in [2.75, 3.05) is 18.5 Å². The van der Waals surface area contributed by atoms with Crippen LogP contribution in [0.25, 0.3) is 0 Å². The number of carbonyl (C=O) groups excluding carboxylic acids is 2. The van der Waals surface area contributed by atoms with Crippen LogP contribution in [0.2, 0.25) is 0 Å². The summed E-state index contributed by atoms with van der Waals surface area (Å²) in [6, 6.07) is 12.5. The Kier molecular flexibility index (Phi) is 7.86. The summed E-state index contributed by atoms with van der Waals surface area (Å²) in [5, 5.41) is 2.92. The maximum absolute atomic E-state index is 12.2. The molecule has 0 atom stereocenters. The Bertz CT molecular complexity index is 768. The number of ether oxygens (including phenoxy) is 2. The molecule has 0 radical (unpaired) electrons. The lowest BCUT2D eigenvalue weighted by atomic mass is 10.1. The van der Waals surface area contributed by atoms with E-state index in [1.807, 2.05) is 32.0 Å². The first-order valence-corrected chi connectivity index (χ1v) is 9.33. The standard InChI is InChI=1S/C22H27NO4/c1-4-6-14-26-22(25)18-10-12-19(13-11-18)27-15-20(24)23-21-16(3)8-7-9-17(21)5-2/h7-13H,4-6,14-15H2,1-3H3,(H,23,24). The van der Waals surface area contributed by atoms with Crippen molar-refractivity contribution in [3.8, 4) is 5.75 Å². The minimum atomic E-state index is -0.348. The van der Waals surface area contributed by atoms with Crippen LogP contribution in [0.3, 0.4) is 0 Å². The van der Waals surface area contributed by atoms with Crippen LogP contribution in [0.4, 0.5) is 5.69 Å². The average molecular weight is 369 g/mol. The third kappa shape index (κ3) is 6.13. The van der Waals surface area contributed by atoms with E-state index in [0.29, 0.717) is 17.9 Å². The Hall–Kier alpha value is -2.82. The van der Waals surface area contributed by atoms with Gasteiger partial charge < -0.3 is 14.8 Å². The lowest BCUT2D eigenvalue weighted by molar-refractivity contribution is -0.118. The topological polar surface area (TPSA) is 64.6 Å². The molecule has 27 heavy (non-hydrogen) atoms. The molecular formula is C22H27NO4. The van der Waals surface area contributed by atoms with Gasteiger partial charge in [-0.05, 0) is 55.2 Å². The van der Waals surface area contributed by atoms with Crippen molar-refractivity contribution < 1.29 is 19.1 Å². The van der Waals surface area contributed by atoms with Crippen molar-refractivity contribution in [2.24, 2.45) is 0 Å². The molecule has 0 aliphatic heterocycles. The maximum atomic E-state index is 12.2. The normalized spacial score (nSPS) is 10.3. The molecule has 0 heterocycles. The van der Waals surface area contributed by atoms with Crippen LogP contribution in [-0.4, -0.2) is 25.1 Å². The van der Waals surface area contributed by atoms with Gasteiger partial charge in [-0.25, -0.2) is 4.79 Å². The van der Waals surface area contributed by atoms with Gasteiger partial charge in [-0.1, -0.05) is 38.5 Å². The van der Waals surface area contributed by atoms with Crippen molar-refractivity contribution in [1.29, 1.82) is 0 Å². The fourth-order valence-electron chi connectivity index (χ4n) is 2.61. The number of anilines is 1. The number of rotatable bonds is 9. The summed E-state index contributed by atoms with van der Waals surface area (Å²) >= 11 is 0. The van der Waals surface area contributed by atoms with Crippen LogP contribution >= 0.6 is 0 Å². The van der Waals surface area contributed by atoms with Crippen molar-refractivity contribution >= 4 is 17.6 Å². The number of hydrogen-bond acceptors (Lipinski definition) is 4. The molecule has 0 saturated heterocycles. The Labute approximate surface area is 160 Å². The number of esters is 1. The highest BCUT2D eigenvalue weighted by Gasteiger charge is 2.10. The summed E-state index contributed by atoms with van der Waals surface area (Å²) in [7, 11) is 0. The van der Waals surface area contributed by atoms with E-state index in [9.17, 15) is 9.59 Å². The summed E-state index contributed by atoms with van der Waals surface area (Å²) in [6.07, 6.45) is 2.67. The van der Waals surface area contributed by atoms with E-state index in [0.717, 1.165) is 36.1 Å². The highest BCUT2D eigenvalue weighted by Crippen LogP contribution is 2.21. The fourth-order valence-corrected chi connectivity index (χ4v) is 2.61. The van der Waals surface area contributed by atoms with Crippen LogP contribution in [0.1, 0.15) is 48.2 Å². The Morgan fingerprint density at radius 2 is 1.78 bits per heavy atom. The molecule has 0 spiro atoms. The maximum Gasteiger partial charge on any atom is 0.338 e. The van der Waals surface area contributed by atoms with E-state index < -0.39 is 0 Å². The lowest BCUT2D eigenvalue weighted by Crippen LogP contribution is -2.21. The lowest BCUT2D eigenvalue weighted by Gasteiger charge is -2.13. The van der Waals surface area contributed by atoms with Gasteiger partial charge in [0, 0.05) is 5.69 Å². The molecule has 2 aromatic carbocycles. The third-order valence-corrected chi connectivity index (χ3v) is 4.20.